The van der Waals surface area contributed by atoms with Crippen LogP contribution in [0.15, 0.2) is 6.07 Å². The highest BCUT2D eigenvalue weighted by atomic mass is 32.1. The molecule has 4 nitrogen and oxygen atoms in total. The van der Waals surface area contributed by atoms with Gasteiger partial charge in [-0.25, -0.2) is 4.98 Å². The molecule has 0 unspecified atom stereocenters. The molecule has 0 saturated carbocycles. The zero-order valence-corrected chi connectivity index (χ0v) is 14.1. The Bertz CT molecular complexity index is 568. The Hall–Kier alpha value is -1.36. The zero-order chi connectivity index (χ0) is 15.1. The summed E-state index contributed by atoms with van der Waals surface area (Å²) in [5.41, 5.74) is 0. The van der Waals surface area contributed by atoms with Gasteiger partial charge >= 0.3 is 0 Å². The molecule has 0 aliphatic heterocycles. The van der Waals surface area contributed by atoms with Gasteiger partial charge in [-0.15, -0.1) is 11.3 Å². The van der Waals surface area contributed by atoms with Crippen LogP contribution in [0.5, 0.6) is 5.88 Å². The maximum absolute atomic E-state index is 5.92. The third-order valence-electron chi connectivity index (χ3n) is 3.25. The number of fused-ring (bicyclic) bond motifs is 1. The highest BCUT2D eigenvalue weighted by Gasteiger charge is 2.11. The maximum Gasteiger partial charge on any atom is 0.227 e. The van der Waals surface area contributed by atoms with Gasteiger partial charge in [0.25, 0.3) is 0 Å². The quantitative estimate of drug-likeness (QED) is 0.677. The molecule has 2 aromatic heterocycles. The summed E-state index contributed by atoms with van der Waals surface area (Å²) < 4.78 is 5.92. The van der Waals surface area contributed by atoms with E-state index in [9.17, 15) is 0 Å². The van der Waals surface area contributed by atoms with E-state index in [0.29, 0.717) is 5.95 Å². The van der Waals surface area contributed by atoms with E-state index in [-0.39, 0.29) is 0 Å². The molecule has 1 N–H and O–H groups in total. The van der Waals surface area contributed by atoms with E-state index in [0.717, 1.165) is 42.1 Å². The molecule has 0 radical (unpaired) electrons. The Labute approximate surface area is 131 Å². The third-order valence-corrected chi connectivity index (χ3v) is 4.20. The number of nitrogens with one attached hydrogen (secondary N) is 1. The summed E-state index contributed by atoms with van der Waals surface area (Å²) in [6.45, 7) is 8.05. The Morgan fingerprint density at radius 3 is 2.76 bits per heavy atom. The van der Waals surface area contributed by atoms with Crippen LogP contribution < -0.4 is 10.1 Å². The molecule has 0 atom stereocenters. The van der Waals surface area contributed by atoms with E-state index in [1.165, 1.54) is 24.1 Å². The van der Waals surface area contributed by atoms with Crippen LogP contribution in [0.4, 0.5) is 5.95 Å². The van der Waals surface area contributed by atoms with Crippen molar-refractivity contribution in [1.29, 1.82) is 0 Å². The van der Waals surface area contributed by atoms with Crippen LogP contribution in [0.3, 0.4) is 0 Å². The molecule has 0 spiro atoms. The van der Waals surface area contributed by atoms with Crippen LogP contribution in [0.1, 0.15) is 50.8 Å². The number of thiophene rings is 1. The van der Waals surface area contributed by atoms with E-state index < -0.39 is 0 Å². The molecule has 2 aromatic rings. The van der Waals surface area contributed by atoms with Gasteiger partial charge in [0.2, 0.25) is 11.8 Å². The minimum Gasteiger partial charge on any atom is -0.477 e. The van der Waals surface area contributed by atoms with Gasteiger partial charge in [0.1, 0.15) is 4.83 Å². The first-order valence-corrected chi connectivity index (χ1v) is 8.71. The van der Waals surface area contributed by atoms with Crippen LogP contribution in [0.2, 0.25) is 0 Å². The highest BCUT2D eigenvalue weighted by Crippen LogP contribution is 2.31. The number of anilines is 1. The first kappa shape index (κ1) is 16.0. The van der Waals surface area contributed by atoms with Crippen molar-refractivity contribution >= 4 is 27.5 Å². The molecule has 2 rings (SSSR count). The predicted octanol–water partition coefficient (Wildman–Crippen LogP) is 4.78. The van der Waals surface area contributed by atoms with Gasteiger partial charge in [0.05, 0.1) is 12.0 Å². The number of hydrogen-bond acceptors (Lipinski definition) is 5. The first-order chi connectivity index (χ1) is 10.2. The van der Waals surface area contributed by atoms with Gasteiger partial charge in [-0.3, -0.25) is 0 Å². The minimum atomic E-state index is 0.676. The molecule has 5 heteroatoms. The smallest absolute Gasteiger partial charge is 0.227 e. The number of ether oxygens (including phenoxy) is 1. The molecular weight excluding hydrogens is 282 g/mol. The largest absolute Gasteiger partial charge is 0.477 e. The molecule has 2 heterocycles. The van der Waals surface area contributed by atoms with Gasteiger partial charge in [-0.05, 0) is 25.8 Å². The van der Waals surface area contributed by atoms with Crippen LogP contribution >= 0.6 is 11.3 Å². The fraction of sp³-hybridized carbons (Fsp3) is 0.625. The average Bonchev–Trinajstić information content (AvgIpc) is 2.85. The van der Waals surface area contributed by atoms with Crippen molar-refractivity contribution in [2.45, 2.75) is 52.9 Å². The lowest BCUT2D eigenvalue weighted by atomic mass is 10.2. The molecule has 0 aliphatic carbocycles. The third kappa shape index (κ3) is 4.56. The second kappa shape index (κ2) is 8.17. The molecule has 116 valence electrons. The van der Waals surface area contributed by atoms with E-state index in [1.807, 2.05) is 0 Å². The van der Waals surface area contributed by atoms with Crippen molar-refractivity contribution in [1.82, 2.24) is 9.97 Å². The Morgan fingerprint density at radius 2 is 2.00 bits per heavy atom. The average molecular weight is 307 g/mol. The van der Waals surface area contributed by atoms with Crippen molar-refractivity contribution in [2.24, 2.45) is 0 Å². The second-order valence-electron chi connectivity index (χ2n) is 5.26. The maximum atomic E-state index is 5.92. The summed E-state index contributed by atoms with van der Waals surface area (Å²) in [5, 5.41) is 4.29. The lowest BCUT2D eigenvalue weighted by molar-refractivity contribution is 0.298. The zero-order valence-electron chi connectivity index (χ0n) is 13.2. The van der Waals surface area contributed by atoms with Crippen LogP contribution in [-0.4, -0.2) is 23.1 Å². The molecule has 0 saturated heterocycles. The molecule has 0 fully saturated rings. The second-order valence-corrected chi connectivity index (χ2v) is 6.50. The number of nitrogens with zero attached hydrogens (tertiary/aromatic N) is 2. The van der Waals surface area contributed by atoms with Gasteiger partial charge < -0.3 is 10.1 Å². The summed E-state index contributed by atoms with van der Waals surface area (Å²) in [4.78, 5) is 11.3. The Morgan fingerprint density at radius 1 is 1.14 bits per heavy atom. The topological polar surface area (TPSA) is 47.0 Å². The Kier molecular flexibility index (Phi) is 6.23. The van der Waals surface area contributed by atoms with Gasteiger partial charge in [0.15, 0.2) is 0 Å². The standard InChI is InChI=1S/C16H25N3OS/c1-4-6-7-8-10-20-14-13-11-12(3)21-15(13)19-16(18-14)17-9-5-2/h11H,4-10H2,1-3H3,(H,17,18,19). The molecule has 0 aromatic carbocycles. The summed E-state index contributed by atoms with van der Waals surface area (Å²) >= 11 is 1.69. The summed E-state index contributed by atoms with van der Waals surface area (Å²) in [6.07, 6.45) is 5.86. The van der Waals surface area contributed by atoms with Crippen LogP contribution in [0.25, 0.3) is 10.2 Å². The number of hydrogen-bond donors (Lipinski definition) is 1. The number of aryl methyl sites for hydroxylation is 1. The van der Waals surface area contributed by atoms with Gasteiger partial charge in [0, 0.05) is 11.4 Å². The fourth-order valence-corrected chi connectivity index (χ4v) is 3.01. The van der Waals surface area contributed by atoms with Crippen molar-refractivity contribution in [3.63, 3.8) is 0 Å². The lowest BCUT2D eigenvalue weighted by Gasteiger charge is -2.09. The van der Waals surface area contributed by atoms with Crippen molar-refractivity contribution in [2.75, 3.05) is 18.5 Å². The van der Waals surface area contributed by atoms with E-state index in [1.54, 1.807) is 11.3 Å². The van der Waals surface area contributed by atoms with E-state index in [2.05, 4.69) is 42.1 Å². The first-order valence-electron chi connectivity index (χ1n) is 7.89. The summed E-state index contributed by atoms with van der Waals surface area (Å²) in [7, 11) is 0. The summed E-state index contributed by atoms with van der Waals surface area (Å²) in [5.74, 6) is 1.40. The number of aromatic nitrogens is 2. The molecule has 0 amide bonds. The highest BCUT2D eigenvalue weighted by molar-refractivity contribution is 7.18. The molecule has 0 bridgehead atoms. The minimum absolute atomic E-state index is 0.676. The Balaban J connectivity index is 2.10. The predicted molar refractivity (Wildman–Crippen MR) is 90.6 cm³/mol. The fourth-order valence-electron chi connectivity index (χ4n) is 2.14. The van der Waals surface area contributed by atoms with E-state index in [4.69, 9.17) is 4.74 Å². The number of rotatable bonds is 9. The number of unbranched alkanes of at least 4 members (excludes halogenated alkanes) is 3. The van der Waals surface area contributed by atoms with Gasteiger partial charge in [-0.2, -0.15) is 4.98 Å². The van der Waals surface area contributed by atoms with Crippen LogP contribution in [-0.2, 0) is 0 Å². The van der Waals surface area contributed by atoms with Crippen molar-refractivity contribution < 1.29 is 4.74 Å². The monoisotopic (exact) mass is 307 g/mol. The SMILES string of the molecule is CCCCCCOc1nc(NCCC)nc2sc(C)cc12. The molecule has 21 heavy (non-hydrogen) atoms. The lowest BCUT2D eigenvalue weighted by Crippen LogP contribution is -2.06. The van der Waals surface area contributed by atoms with Crippen molar-refractivity contribution in [3.8, 4) is 5.88 Å². The van der Waals surface area contributed by atoms with Gasteiger partial charge in [-0.1, -0.05) is 33.1 Å². The van der Waals surface area contributed by atoms with Crippen LogP contribution in [0, 0.1) is 6.92 Å². The van der Waals surface area contributed by atoms with Crippen molar-refractivity contribution in [3.05, 3.63) is 10.9 Å². The summed E-state index contributed by atoms with van der Waals surface area (Å²) in [6, 6.07) is 2.12. The normalized spacial score (nSPS) is 11.0. The van der Waals surface area contributed by atoms with E-state index >= 15 is 0 Å². The molecular formula is C16H25N3OS. The molecule has 0 aliphatic rings.